The number of carboxylic acids is 3. The second-order valence-electron chi connectivity index (χ2n) is 3.08. The highest BCUT2D eigenvalue weighted by atomic mass is 31.2. The molecule has 0 saturated heterocycles. The van der Waals surface area contributed by atoms with Crippen molar-refractivity contribution >= 4 is 25.7 Å². The Kier molecular flexibility index (Phi) is 7.41. The van der Waals surface area contributed by atoms with Crippen LogP contribution in [0.25, 0.3) is 0 Å². The normalized spacial score (nSPS) is 11.1. The Hall–Kier alpha value is -1.48. The summed E-state index contributed by atoms with van der Waals surface area (Å²) in [6, 6.07) is 0. The Morgan fingerprint density at radius 1 is 0.944 bits per heavy atom. The number of carbonyl (C=O) groups is 3. The monoisotopic (exact) mass is 288 g/mol. The van der Waals surface area contributed by atoms with Crippen molar-refractivity contribution in [2.45, 2.75) is 19.8 Å². The van der Waals surface area contributed by atoms with Gasteiger partial charge in [-0.2, -0.15) is 0 Å². The minimum Gasteiger partial charge on any atom is -0.480 e. The van der Waals surface area contributed by atoms with Crippen molar-refractivity contribution < 1.29 is 48.9 Å². The third kappa shape index (κ3) is 6.30. The maximum atomic E-state index is 10.5. The molecule has 0 aliphatic carbocycles. The molecule has 0 aromatic carbocycles. The van der Waals surface area contributed by atoms with Crippen LogP contribution >= 0.6 is 7.82 Å². The minimum atomic E-state index is -4.64. The second-order valence-corrected chi connectivity index (χ2v) is 4.11. The molecule has 10 nitrogen and oxygen atoms in total. The van der Waals surface area contributed by atoms with Crippen molar-refractivity contribution in [2.75, 3.05) is 0 Å². The van der Waals surface area contributed by atoms with E-state index in [1.165, 1.54) is 6.92 Å². The predicted octanol–water partition coefficient (Wildman–Crippen LogP) is -0.902. The quantitative estimate of drug-likeness (QED) is 0.273. The summed E-state index contributed by atoms with van der Waals surface area (Å²) in [5.41, 5.74) is -2.70. The number of phosphoric acid groups is 1. The molecule has 0 amide bonds. The Morgan fingerprint density at radius 3 is 1.22 bits per heavy atom. The minimum absolute atomic E-state index is 0.172. The Labute approximate surface area is 101 Å². The summed E-state index contributed by atoms with van der Waals surface area (Å²) in [4.78, 5) is 53.2. The molecule has 0 bridgehead atoms. The molecular weight excluding hydrogens is 275 g/mol. The molecule has 6 N–H and O–H groups in total. The zero-order valence-corrected chi connectivity index (χ0v) is 10.1. The van der Waals surface area contributed by atoms with Gasteiger partial charge in [0.2, 0.25) is 0 Å². The average Bonchev–Trinajstić information content (AvgIpc) is 2.09. The molecule has 0 fully saturated rings. The lowest BCUT2D eigenvalue weighted by molar-refractivity contribution is -0.176. The highest BCUT2D eigenvalue weighted by molar-refractivity contribution is 7.45. The first-order chi connectivity index (χ1) is 7.89. The summed E-state index contributed by atoms with van der Waals surface area (Å²) in [5, 5.41) is 25.6. The SMILES string of the molecule is CCCC(C(=O)O)(C(=O)O)C(=O)O.O=P(O)(O)O. The number of aliphatic carboxylic acids is 3. The van der Waals surface area contributed by atoms with Gasteiger partial charge in [0.25, 0.3) is 5.41 Å². The van der Waals surface area contributed by atoms with Crippen LogP contribution < -0.4 is 0 Å². The fourth-order valence-electron chi connectivity index (χ4n) is 0.970. The van der Waals surface area contributed by atoms with E-state index in [1.807, 2.05) is 0 Å². The van der Waals surface area contributed by atoms with E-state index in [9.17, 15) is 14.4 Å². The maximum Gasteiger partial charge on any atom is 0.466 e. The Balaban J connectivity index is 0. The van der Waals surface area contributed by atoms with E-state index >= 15 is 0 Å². The largest absolute Gasteiger partial charge is 0.480 e. The molecule has 0 heterocycles. The zero-order valence-electron chi connectivity index (χ0n) is 9.18. The zero-order chi connectivity index (χ0) is 15.1. The summed E-state index contributed by atoms with van der Waals surface area (Å²) < 4.78 is 8.88. The van der Waals surface area contributed by atoms with Crippen molar-refractivity contribution in [3.63, 3.8) is 0 Å². The molecule has 0 rings (SSSR count). The number of hydrogen-bond acceptors (Lipinski definition) is 4. The van der Waals surface area contributed by atoms with Crippen LogP contribution in [0.4, 0.5) is 0 Å². The van der Waals surface area contributed by atoms with Gasteiger partial charge in [-0.1, -0.05) is 13.3 Å². The van der Waals surface area contributed by atoms with Gasteiger partial charge in [-0.25, -0.2) is 4.57 Å². The van der Waals surface area contributed by atoms with Crippen LogP contribution in [0.1, 0.15) is 19.8 Å². The molecule has 0 spiro atoms. The first-order valence-electron chi connectivity index (χ1n) is 4.38. The number of rotatable bonds is 5. The fourth-order valence-corrected chi connectivity index (χ4v) is 0.970. The lowest BCUT2D eigenvalue weighted by Gasteiger charge is -2.18. The molecule has 106 valence electrons. The number of carboxylic acid groups (broad SMARTS) is 3. The topological polar surface area (TPSA) is 190 Å². The summed E-state index contributed by atoms with van der Waals surface area (Å²) in [7, 11) is -4.64. The lowest BCUT2D eigenvalue weighted by Crippen LogP contribution is -2.46. The summed E-state index contributed by atoms with van der Waals surface area (Å²) in [6.07, 6.45) is -0.252. The average molecular weight is 288 g/mol. The molecule has 0 atom stereocenters. The summed E-state index contributed by atoms with van der Waals surface area (Å²) in [6.45, 7) is 1.52. The van der Waals surface area contributed by atoms with E-state index in [0.717, 1.165) is 0 Å². The van der Waals surface area contributed by atoms with Gasteiger partial charge in [0.1, 0.15) is 0 Å². The Morgan fingerprint density at radius 2 is 1.17 bits per heavy atom. The van der Waals surface area contributed by atoms with Crippen molar-refractivity contribution in [1.29, 1.82) is 0 Å². The number of hydrogen-bond donors (Lipinski definition) is 6. The molecule has 11 heteroatoms. The predicted molar refractivity (Wildman–Crippen MR) is 54.5 cm³/mol. The van der Waals surface area contributed by atoms with Crippen LogP contribution in [-0.2, 0) is 18.9 Å². The summed E-state index contributed by atoms with van der Waals surface area (Å²) in [5.74, 6) is -5.52. The Bertz CT molecular complexity index is 324. The highest BCUT2D eigenvalue weighted by Crippen LogP contribution is 2.26. The third-order valence-corrected chi connectivity index (χ3v) is 1.72. The molecule has 0 aliphatic heterocycles. The van der Waals surface area contributed by atoms with E-state index in [2.05, 4.69) is 0 Å². The van der Waals surface area contributed by atoms with Crippen LogP contribution in [0.5, 0.6) is 0 Å². The van der Waals surface area contributed by atoms with Crippen molar-refractivity contribution in [2.24, 2.45) is 5.41 Å². The highest BCUT2D eigenvalue weighted by Gasteiger charge is 2.53. The van der Waals surface area contributed by atoms with E-state index in [0.29, 0.717) is 0 Å². The van der Waals surface area contributed by atoms with Gasteiger partial charge in [-0.15, -0.1) is 0 Å². The summed E-state index contributed by atoms with van der Waals surface area (Å²) >= 11 is 0. The second kappa shape index (κ2) is 7.07. The standard InChI is InChI=1S/C7H10O6.H3O4P/c1-2-3-7(4(8)9,5(10)11)6(12)13;1-5(2,3)4/h2-3H2,1H3,(H,8,9)(H,10,11)(H,12,13);(H3,1,2,3,4). The molecular formula is C7H13O10P. The molecule has 18 heavy (non-hydrogen) atoms. The van der Waals surface area contributed by atoms with Gasteiger partial charge in [0.15, 0.2) is 0 Å². The molecule has 0 aromatic rings. The molecule has 0 unspecified atom stereocenters. The van der Waals surface area contributed by atoms with Gasteiger partial charge in [-0.05, 0) is 6.42 Å². The van der Waals surface area contributed by atoms with Gasteiger partial charge in [0.05, 0.1) is 0 Å². The molecule has 0 radical (unpaired) electrons. The van der Waals surface area contributed by atoms with Gasteiger partial charge in [0, 0.05) is 0 Å². The van der Waals surface area contributed by atoms with Crippen LogP contribution in [0.2, 0.25) is 0 Å². The van der Waals surface area contributed by atoms with E-state index in [-0.39, 0.29) is 6.42 Å². The maximum absolute atomic E-state index is 10.5. The van der Waals surface area contributed by atoms with Gasteiger partial charge < -0.3 is 30.0 Å². The van der Waals surface area contributed by atoms with Crippen molar-refractivity contribution in [1.82, 2.24) is 0 Å². The van der Waals surface area contributed by atoms with Crippen LogP contribution in [0, 0.1) is 5.41 Å². The molecule has 0 saturated carbocycles. The first kappa shape index (κ1) is 18.9. The van der Waals surface area contributed by atoms with Gasteiger partial charge >= 0.3 is 25.7 Å². The fraction of sp³-hybridized carbons (Fsp3) is 0.571. The van der Waals surface area contributed by atoms with Crippen LogP contribution in [0.3, 0.4) is 0 Å². The van der Waals surface area contributed by atoms with Gasteiger partial charge in [-0.3, -0.25) is 14.4 Å². The lowest BCUT2D eigenvalue weighted by atomic mass is 9.83. The van der Waals surface area contributed by atoms with Crippen LogP contribution in [0.15, 0.2) is 0 Å². The van der Waals surface area contributed by atoms with Crippen LogP contribution in [-0.4, -0.2) is 47.9 Å². The third-order valence-electron chi connectivity index (χ3n) is 1.72. The first-order valence-corrected chi connectivity index (χ1v) is 5.94. The van der Waals surface area contributed by atoms with Crippen molar-refractivity contribution in [3.8, 4) is 0 Å². The molecule has 0 aliphatic rings. The van der Waals surface area contributed by atoms with E-state index in [4.69, 9.17) is 34.6 Å². The van der Waals surface area contributed by atoms with E-state index < -0.39 is 37.6 Å². The van der Waals surface area contributed by atoms with Crippen molar-refractivity contribution in [3.05, 3.63) is 0 Å². The smallest absolute Gasteiger partial charge is 0.466 e. The molecule has 0 aromatic heterocycles. The van der Waals surface area contributed by atoms with E-state index in [1.54, 1.807) is 0 Å².